The van der Waals surface area contributed by atoms with Crippen LogP contribution in [0.15, 0.2) is 66.2 Å². The Hall–Kier alpha value is -3.85. The first-order valence-electron chi connectivity index (χ1n) is 10.8. The predicted molar refractivity (Wildman–Crippen MR) is 142 cm³/mol. The van der Waals surface area contributed by atoms with E-state index in [2.05, 4.69) is 10.6 Å². The third-order valence-electron chi connectivity index (χ3n) is 5.22. The number of anilines is 2. The molecule has 0 saturated carbocycles. The normalized spacial score (nSPS) is 14.5. The third-order valence-corrected chi connectivity index (χ3v) is 6.26. The molecule has 37 heavy (non-hydrogen) atoms. The summed E-state index contributed by atoms with van der Waals surface area (Å²) >= 11 is 18.2. The zero-order valence-electron chi connectivity index (χ0n) is 19.2. The van der Waals surface area contributed by atoms with Gasteiger partial charge in [0.1, 0.15) is 11.3 Å². The van der Waals surface area contributed by atoms with Crippen molar-refractivity contribution in [2.45, 2.75) is 6.92 Å². The molecule has 188 valence electrons. The summed E-state index contributed by atoms with van der Waals surface area (Å²) in [6.07, 6.45) is 1.29. The van der Waals surface area contributed by atoms with Crippen LogP contribution in [-0.4, -0.2) is 30.4 Å². The summed E-state index contributed by atoms with van der Waals surface area (Å²) in [6.45, 7) is 1.66. The second-order valence-electron chi connectivity index (χ2n) is 7.95. The van der Waals surface area contributed by atoms with Crippen LogP contribution in [0.5, 0.6) is 5.75 Å². The molecule has 1 aliphatic heterocycles. The molecule has 0 atom stereocenters. The summed E-state index contributed by atoms with van der Waals surface area (Å²) in [5, 5.41) is 5.37. The number of nitrogens with zero attached hydrogens (tertiary/aromatic N) is 1. The molecule has 0 spiro atoms. The van der Waals surface area contributed by atoms with Crippen molar-refractivity contribution in [3.05, 3.63) is 92.4 Å². The van der Waals surface area contributed by atoms with Crippen molar-refractivity contribution >= 4 is 76.0 Å². The fourth-order valence-corrected chi connectivity index (χ4v) is 3.92. The third kappa shape index (κ3) is 6.11. The topological polar surface area (TPSA) is 105 Å². The van der Waals surface area contributed by atoms with Gasteiger partial charge in [-0.15, -0.1) is 0 Å². The zero-order chi connectivity index (χ0) is 26.7. The highest BCUT2D eigenvalue weighted by atomic mass is 35.5. The minimum Gasteiger partial charge on any atom is -0.482 e. The van der Waals surface area contributed by atoms with Gasteiger partial charge in [0.25, 0.3) is 17.7 Å². The van der Waals surface area contributed by atoms with Crippen molar-refractivity contribution in [3.63, 3.8) is 0 Å². The minimum atomic E-state index is -0.920. The van der Waals surface area contributed by atoms with Crippen LogP contribution in [0.2, 0.25) is 15.1 Å². The number of aryl methyl sites for hydroxylation is 1. The van der Waals surface area contributed by atoms with Crippen LogP contribution in [-0.2, 0) is 14.4 Å². The molecule has 4 rings (SSSR count). The summed E-state index contributed by atoms with van der Waals surface area (Å²) in [4.78, 5) is 50.8. The Kier molecular flexibility index (Phi) is 7.83. The summed E-state index contributed by atoms with van der Waals surface area (Å²) in [6, 6.07) is 15.1. The maximum Gasteiger partial charge on any atom is 0.335 e. The molecule has 0 aliphatic carbocycles. The molecule has 1 heterocycles. The van der Waals surface area contributed by atoms with E-state index in [1.165, 1.54) is 36.4 Å². The molecule has 3 aromatic rings. The lowest BCUT2D eigenvalue weighted by molar-refractivity contribution is -0.122. The Balaban J connectivity index is 1.48. The molecule has 5 amide bonds. The number of imide groups is 2. The first kappa shape index (κ1) is 26.2. The van der Waals surface area contributed by atoms with E-state index in [-0.39, 0.29) is 44.6 Å². The first-order valence-corrected chi connectivity index (χ1v) is 11.9. The average molecular weight is 559 g/mol. The Morgan fingerprint density at radius 1 is 0.946 bits per heavy atom. The highest BCUT2D eigenvalue weighted by Gasteiger charge is 2.37. The fourth-order valence-electron chi connectivity index (χ4n) is 3.38. The summed E-state index contributed by atoms with van der Waals surface area (Å²) in [5.41, 5.74) is 1.94. The number of amides is 5. The molecule has 1 aliphatic rings. The number of benzene rings is 3. The monoisotopic (exact) mass is 557 g/mol. The molecule has 3 aromatic carbocycles. The van der Waals surface area contributed by atoms with E-state index in [1.54, 1.807) is 18.2 Å². The number of hydrogen-bond donors (Lipinski definition) is 2. The van der Waals surface area contributed by atoms with Crippen molar-refractivity contribution < 1.29 is 23.9 Å². The van der Waals surface area contributed by atoms with E-state index in [9.17, 15) is 19.2 Å². The molecule has 1 fully saturated rings. The summed E-state index contributed by atoms with van der Waals surface area (Å²) < 4.78 is 5.50. The van der Waals surface area contributed by atoms with Gasteiger partial charge in [-0.25, -0.2) is 9.69 Å². The number of urea groups is 1. The minimum absolute atomic E-state index is 0.136. The van der Waals surface area contributed by atoms with Crippen LogP contribution in [0, 0.1) is 6.92 Å². The van der Waals surface area contributed by atoms with Crippen molar-refractivity contribution in [3.8, 4) is 5.75 Å². The van der Waals surface area contributed by atoms with E-state index < -0.39 is 17.8 Å². The van der Waals surface area contributed by atoms with Gasteiger partial charge in [-0.2, -0.15) is 0 Å². The predicted octanol–water partition coefficient (Wildman–Crippen LogP) is 5.64. The van der Waals surface area contributed by atoms with Crippen LogP contribution in [0.4, 0.5) is 16.2 Å². The highest BCUT2D eigenvalue weighted by Crippen LogP contribution is 2.30. The smallest absolute Gasteiger partial charge is 0.335 e. The SMILES string of the molecule is Cc1ccc(NC(=O)COc2ccc(/C=C3\C(=O)NC(=O)N(c4ccc(Cl)c(Cl)c4)C3=O)cc2Cl)cc1. The van der Waals surface area contributed by atoms with Gasteiger partial charge >= 0.3 is 6.03 Å². The fraction of sp³-hybridized carbons (Fsp3) is 0.0769. The second kappa shape index (κ2) is 11.0. The number of carbonyl (C=O) groups excluding carboxylic acids is 4. The van der Waals surface area contributed by atoms with Crippen LogP contribution >= 0.6 is 34.8 Å². The van der Waals surface area contributed by atoms with Gasteiger partial charge in [-0.1, -0.05) is 58.6 Å². The van der Waals surface area contributed by atoms with Gasteiger partial charge in [0, 0.05) is 5.69 Å². The molecule has 0 unspecified atom stereocenters. The standard InChI is InChI=1S/C26H18Cl3N3O5/c1-14-2-5-16(6-3-14)30-23(33)13-37-22-9-4-15(11-21(22)29)10-18-24(34)31-26(36)32(25(18)35)17-7-8-19(27)20(28)12-17/h2-12H,13H2,1H3,(H,30,33)(H,31,34,36)/b18-10+. The highest BCUT2D eigenvalue weighted by molar-refractivity contribution is 6.43. The first-order chi connectivity index (χ1) is 17.6. The molecule has 8 nitrogen and oxygen atoms in total. The van der Waals surface area contributed by atoms with E-state index in [1.807, 2.05) is 19.1 Å². The lowest BCUT2D eigenvalue weighted by Gasteiger charge is -2.26. The Morgan fingerprint density at radius 2 is 1.68 bits per heavy atom. The van der Waals surface area contributed by atoms with Gasteiger partial charge < -0.3 is 10.1 Å². The van der Waals surface area contributed by atoms with Crippen LogP contribution < -0.4 is 20.3 Å². The molecule has 2 N–H and O–H groups in total. The van der Waals surface area contributed by atoms with Crippen LogP contribution in [0.3, 0.4) is 0 Å². The zero-order valence-corrected chi connectivity index (χ0v) is 21.4. The number of barbiturate groups is 1. The largest absolute Gasteiger partial charge is 0.482 e. The maximum absolute atomic E-state index is 13.0. The van der Waals surface area contributed by atoms with E-state index in [0.29, 0.717) is 11.3 Å². The van der Waals surface area contributed by atoms with Gasteiger partial charge in [0.2, 0.25) is 0 Å². The lowest BCUT2D eigenvalue weighted by Crippen LogP contribution is -2.54. The molecule has 0 aromatic heterocycles. The van der Waals surface area contributed by atoms with Gasteiger partial charge in [-0.05, 0) is 61.0 Å². The number of ether oxygens (including phenoxy) is 1. The molecule has 0 radical (unpaired) electrons. The van der Waals surface area contributed by atoms with E-state index >= 15 is 0 Å². The molecule has 11 heteroatoms. The average Bonchev–Trinajstić information content (AvgIpc) is 2.84. The van der Waals surface area contributed by atoms with Gasteiger partial charge in [0.15, 0.2) is 6.61 Å². The Labute approximate surface area is 226 Å². The Morgan fingerprint density at radius 3 is 2.35 bits per heavy atom. The lowest BCUT2D eigenvalue weighted by atomic mass is 10.1. The number of carbonyl (C=O) groups is 4. The van der Waals surface area contributed by atoms with Crippen molar-refractivity contribution in [1.82, 2.24) is 5.32 Å². The molecule has 0 bridgehead atoms. The van der Waals surface area contributed by atoms with Crippen molar-refractivity contribution in [1.29, 1.82) is 0 Å². The summed E-state index contributed by atoms with van der Waals surface area (Å²) in [5.74, 6) is -1.86. The number of hydrogen-bond acceptors (Lipinski definition) is 5. The van der Waals surface area contributed by atoms with E-state index in [4.69, 9.17) is 39.5 Å². The maximum atomic E-state index is 13.0. The number of rotatable bonds is 6. The number of nitrogens with one attached hydrogen (secondary N) is 2. The van der Waals surface area contributed by atoms with Crippen LogP contribution in [0.1, 0.15) is 11.1 Å². The van der Waals surface area contributed by atoms with E-state index in [0.717, 1.165) is 10.5 Å². The molecule has 1 saturated heterocycles. The Bertz CT molecular complexity index is 1450. The molecular weight excluding hydrogens is 541 g/mol. The second-order valence-corrected chi connectivity index (χ2v) is 9.17. The van der Waals surface area contributed by atoms with Crippen molar-refractivity contribution in [2.75, 3.05) is 16.8 Å². The van der Waals surface area contributed by atoms with Gasteiger partial charge in [-0.3, -0.25) is 19.7 Å². The van der Waals surface area contributed by atoms with Crippen molar-refractivity contribution in [2.24, 2.45) is 0 Å². The van der Waals surface area contributed by atoms with Crippen LogP contribution in [0.25, 0.3) is 6.08 Å². The van der Waals surface area contributed by atoms with Gasteiger partial charge in [0.05, 0.1) is 20.8 Å². The summed E-state index contributed by atoms with van der Waals surface area (Å²) in [7, 11) is 0. The quantitative estimate of drug-likeness (QED) is 0.301. The molecular formula is C26H18Cl3N3O5. The number of halogens is 3.